The maximum atomic E-state index is 12.3. The zero-order chi connectivity index (χ0) is 21.1. The Hall–Kier alpha value is -2.10. The molecule has 1 aliphatic heterocycles. The number of benzene rings is 2. The van der Waals surface area contributed by atoms with Crippen LogP contribution in [0.1, 0.15) is 29.5 Å². The molecular formula is C21H19F3N2O2S2. The summed E-state index contributed by atoms with van der Waals surface area (Å²) in [5, 5.41) is 6.56. The highest BCUT2D eigenvalue weighted by atomic mass is 32.2. The van der Waals surface area contributed by atoms with Crippen LogP contribution in [0, 0.1) is 0 Å². The lowest BCUT2D eigenvalue weighted by atomic mass is 9.99. The van der Waals surface area contributed by atoms with Crippen LogP contribution < -0.4 is 0 Å². The van der Waals surface area contributed by atoms with Crippen molar-refractivity contribution in [3.8, 4) is 0 Å². The van der Waals surface area contributed by atoms with Gasteiger partial charge in [-0.3, -0.25) is 0 Å². The van der Waals surface area contributed by atoms with Crippen molar-refractivity contribution in [1.82, 2.24) is 10.0 Å². The summed E-state index contributed by atoms with van der Waals surface area (Å²) >= 11 is 3.33. The maximum Gasteiger partial charge on any atom is 0.492 e. The van der Waals surface area contributed by atoms with Crippen LogP contribution in [0.2, 0.25) is 0 Å². The van der Waals surface area contributed by atoms with Crippen molar-refractivity contribution < 1.29 is 22.8 Å². The number of alkyl halides is 3. The first-order chi connectivity index (χ1) is 14.4. The molecule has 30 heavy (non-hydrogen) atoms. The monoisotopic (exact) mass is 452 g/mol. The smallest absolute Gasteiger partial charge is 0.361 e. The maximum absolute atomic E-state index is 12.3. The van der Waals surface area contributed by atoms with Crippen LogP contribution in [0.15, 0.2) is 52.7 Å². The van der Waals surface area contributed by atoms with Crippen LogP contribution in [0.4, 0.5) is 13.2 Å². The molecule has 158 valence electrons. The standard InChI is InChI=1S/C21H19F3N2O2S2/c22-21(23,24)20(27)28-26-10-8-15(9-11-26)19-25-16(13-30-19)12-29-18-7-3-5-14-4-1-2-6-17(14)18/h1-7,13,15H,8-12H2. The molecule has 3 aromatic rings. The Labute approximate surface area is 180 Å². The third-order valence-electron chi connectivity index (χ3n) is 4.94. The predicted octanol–water partition coefficient (Wildman–Crippen LogP) is 5.79. The lowest BCUT2D eigenvalue weighted by Gasteiger charge is -2.29. The minimum atomic E-state index is -4.97. The number of hydroxylamine groups is 2. The number of hydrogen-bond acceptors (Lipinski definition) is 6. The molecule has 4 nitrogen and oxygen atoms in total. The summed E-state index contributed by atoms with van der Waals surface area (Å²) in [7, 11) is 0. The number of thioether (sulfide) groups is 1. The summed E-state index contributed by atoms with van der Waals surface area (Å²) in [6, 6.07) is 14.5. The fourth-order valence-electron chi connectivity index (χ4n) is 3.41. The van der Waals surface area contributed by atoms with Gasteiger partial charge in [0.15, 0.2) is 0 Å². The number of halogens is 3. The van der Waals surface area contributed by atoms with E-state index in [0.29, 0.717) is 12.8 Å². The third-order valence-corrected chi connectivity index (χ3v) is 7.10. The van der Waals surface area contributed by atoms with Gasteiger partial charge in [-0.25, -0.2) is 9.78 Å². The van der Waals surface area contributed by atoms with Gasteiger partial charge in [0.2, 0.25) is 0 Å². The molecule has 0 saturated carbocycles. The predicted molar refractivity (Wildman–Crippen MR) is 111 cm³/mol. The van der Waals surface area contributed by atoms with E-state index < -0.39 is 12.1 Å². The average Bonchev–Trinajstić information content (AvgIpc) is 3.21. The van der Waals surface area contributed by atoms with E-state index in [9.17, 15) is 18.0 Å². The average molecular weight is 453 g/mol. The van der Waals surface area contributed by atoms with Crippen molar-refractivity contribution in [2.75, 3.05) is 13.1 Å². The molecule has 9 heteroatoms. The van der Waals surface area contributed by atoms with Crippen LogP contribution in [0.5, 0.6) is 0 Å². The van der Waals surface area contributed by atoms with Crippen LogP contribution in [0.3, 0.4) is 0 Å². The Morgan fingerprint density at radius 3 is 2.67 bits per heavy atom. The first kappa shape index (κ1) is 21.1. The van der Waals surface area contributed by atoms with E-state index in [1.165, 1.54) is 15.7 Å². The molecule has 1 aromatic heterocycles. The summed E-state index contributed by atoms with van der Waals surface area (Å²) in [6.45, 7) is 0.540. The summed E-state index contributed by atoms with van der Waals surface area (Å²) in [5.41, 5.74) is 0.999. The SMILES string of the molecule is O=C(ON1CCC(c2nc(CSc3cccc4ccccc34)cs2)CC1)C(F)(F)F. The second-order valence-corrected chi connectivity index (χ2v) is 8.93. The van der Waals surface area contributed by atoms with Crippen molar-refractivity contribution in [3.05, 3.63) is 58.5 Å². The van der Waals surface area contributed by atoms with Crippen molar-refractivity contribution in [2.45, 2.75) is 35.6 Å². The summed E-state index contributed by atoms with van der Waals surface area (Å²) in [4.78, 5) is 21.3. The van der Waals surface area contributed by atoms with Crippen LogP contribution in [-0.2, 0) is 15.4 Å². The van der Waals surface area contributed by atoms with Crippen LogP contribution in [-0.4, -0.2) is 35.3 Å². The zero-order valence-corrected chi connectivity index (χ0v) is 17.5. The van der Waals surface area contributed by atoms with E-state index in [-0.39, 0.29) is 19.0 Å². The van der Waals surface area contributed by atoms with Crippen LogP contribution >= 0.6 is 23.1 Å². The van der Waals surface area contributed by atoms with E-state index in [1.807, 2.05) is 17.5 Å². The highest BCUT2D eigenvalue weighted by Gasteiger charge is 2.43. The molecule has 0 amide bonds. The Kier molecular flexibility index (Phi) is 6.31. The largest absolute Gasteiger partial charge is 0.492 e. The second-order valence-electron chi connectivity index (χ2n) is 7.02. The van der Waals surface area contributed by atoms with Gasteiger partial charge in [-0.15, -0.1) is 28.2 Å². The quantitative estimate of drug-likeness (QED) is 0.459. The van der Waals surface area contributed by atoms with Crippen molar-refractivity contribution in [3.63, 3.8) is 0 Å². The fourth-order valence-corrected chi connectivity index (χ4v) is 5.48. The number of piperidine rings is 1. The molecule has 0 N–H and O–H groups in total. The lowest BCUT2D eigenvalue weighted by Crippen LogP contribution is -2.39. The van der Waals surface area contributed by atoms with Gasteiger partial charge in [0, 0.05) is 35.0 Å². The first-order valence-electron chi connectivity index (χ1n) is 9.49. The Morgan fingerprint density at radius 2 is 1.90 bits per heavy atom. The van der Waals surface area contributed by atoms with Gasteiger partial charge in [0.25, 0.3) is 0 Å². The van der Waals surface area contributed by atoms with Gasteiger partial charge in [-0.2, -0.15) is 13.2 Å². The molecule has 2 heterocycles. The van der Waals surface area contributed by atoms with E-state index >= 15 is 0 Å². The van der Waals surface area contributed by atoms with E-state index in [1.54, 1.807) is 23.1 Å². The van der Waals surface area contributed by atoms with Gasteiger partial charge < -0.3 is 4.84 Å². The normalized spacial score (nSPS) is 16.1. The Morgan fingerprint density at radius 1 is 1.17 bits per heavy atom. The first-order valence-corrected chi connectivity index (χ1v) is 11.4. The summed E-state index contributed by atoms with van der Waals surface area (Å²) in [5.74, 6) is -1.23. The molecular weight excluding hydrogens is 433 g/mol. The van der Waals surface area contributed by atoms with Crippen molar-refractivity contribution in [2.24, 2.45) is 0 Å². The topological polar surface area (TPSA) is 42.4 Å². The van der Waals surface area contributed by atoms with Gasteiger partial charge in [-0.05, 0) is 29.7 Å². The van der Waals surface area contributed by atoms with Crippen LogP contribution in [0.25, 0.3) is 10.8 Å². The molecule has 0 atom stereocenters. The van der Waals surface area contributed by atoms with E-state index in [0.717, 1.165) is 21.5 Å². The molecule has 1 aliphatic rings. The molecule has 0 unspecified atom stereocenters. The minimum Gasteiger partial charge on any atom is -0.361 e. The molecule has 0 bridgehead atoms. The van der Waals surface area contributed by atoms with Gasteiger partial charge >= 0.3 is 12.1 Å². The Balaban J connectivity index is 1.32. The van der Waals surface area contributed by atoms with E-state index in [2.05, 4.69) is 35.2 Å². The fraction of sp³-hybridized carbons (Fsp3) is 0.333. The number of carbonyl (C=O) groups excluding carboxylic acids is 1. The highest BCUT2D eigenvalue weighted by Crippen LogP contribution is 2.34. The number of nitrogens with zero attached hydrogens (tertiary/aromatic N) is 2. The van der Waals surface area contributed by atoms with E-state index in [4.69, 9.17) is 4.98 Å². The van der Waals surface area contributed by atoms with Crippen molar-refractivity contribution in [1.29, 1.82) is 0 Å². The number of hydrogen-bond donors (Lipinski definition) is 0. The molecule has 4 rings (SSSR count). The molecule has 0 aliphatic carbocycles. The molecule has 1 saturated heterocycles. The number of thiazole rings is 1. The molecule has 0 spiro atoms. The number of carbonyl (C=O) groups is 1. The summed E-state index contributed by atoms with van der Waals surface area (Å²) in [6.07, 6.45) is -3.76. The third kappa shape index (κ3) is 4.96. The van der Waals surface area contributed by atoms with Crippen molar-refractivity contribution >= 4 is 39.8 Å². The van der Waals surface area contributed by atoms with Gasteiger partial charge in [-0.1, -0.05) is 36.4 Å². The Bertz CT molecular complexity index is 1030. The lowest BCUT2D eigenvalue weighted by molar-refractivity contribution is -0.241. The number of fused-ring (bicyclic) bond motifs is 1. The number of rotatable bonds is 5. The zero-order valence-electron chi connectivity index (χ0n) is 15.9. The van der Waals surface area contributed by atoms with Gasteiger partial charge in [0.05, 0.1) is 10.7 Å². The highest BCUT2D eigenvalue weighted by molar-refractivity contribution is 7.98. The summed E-state index contributed by atoms with van der Waals surface area (Å²) < 4.78 is 37.0. The minimum absolute atomic E-state index is 0.173. The second kappa shape index (κ2) is 8.95. The number of aromatic nitrogens is 1. The molecule has 2 aromatic carbocycles. The molecule has 0 radical (unpaired) electrons. The van der Waals surface area contributed by atoms with Gasteiger partial charge in [0.1, 0.15) is 0 Å². The molecule has 1 fully saturated rings.